The summed E-state index contributed by atoms with van der Waals surface area (Å²) in [6, 6.07) is 22.8. The van der Waals surface area contributed by atoms with E-state index in [1.165, 1.54) is 16.3 Å². The summed E-state index contributed by atoms with van der Waals surface area (Å²) in [6.45, 7) is 0.781. The first-order valence-electron chi connectivity index (χ1n) is 6.77. The molecule has 1 N–H and O–H groups in total. The third kappa shape index (κ3) is 2.21. The maximum atomic E-state index is 8.43. The van der Waals surface area contributed by atoms with E-state index in [-0.39, 0.29) is 24.0 Å². The van der Waals surface area contributed by atoms with E-state index in [9.17, 15) is 0 Å². The van der Waals surface area contributed by atoms with Crippen LogP contribution in [-0.4, -0.2) is 5.84 Å². The molecule has 0 saturated heterocycles. The zero-order chi connectivity index (χ0) is 13.5. The summed E-state index contributed by atoms with van der Waals surface area (Å²) >= 11 is 0. The number of hydrogen-bond donors (Lipinski definition) is 1. The van der Waals surface area contributed by atoms with E-state index in [4.69, 9.17) is 5.41 Å². The number of benzene rings is 3. The van der Waals surface area contributed by atoms with Gasteiger partial charge in [-0.1, -0.05) is 60.7 Å². The highest BCUT2D eigenvalue weighted by atomic mass is 127. The summed E-state index contributed by atoms with van der Waals surface area (Å²) in [5.74, 6) is 0.594. The van der Waals surface area contributed by atoms with Gasteiger partial charge < -0.3 is 4.90 Å². The molecule has 0 radical (unpaired) electrons. The number of nitrogens with one attached hydrogen (secondary N) is 1. The van der Waals surface area contributed by atoms with Gasteiger partial charge in [0.15, 0.2) is 0 Å². The van der Waals surface area contributed by atoms with Crippen LogP contribution in [-0.2, 0) is 6.54 Å². The number of anilines is 1. The van der Waals surface area contributed by atoms with E-state index in [1.807, 2.05) is 18.2 Å². The molecule has 1 aliphatic heterocycles. The molecule has 104 valence electrons. The van der Waals surface area contributed by atoms with Gasteiger partial charge in [-0.3, -0.25) is 5.41 Å². The molecule has 1 heterocycles. The normalized spacial score (nSPS) is 13.1. The van der Waals surface area contributed by atoms with Crippen LogP contribution in [0.4, 0.5) is 5.69 Å². The van der Waals surface area contributed by atoms with Crippen LogP contribution in [0.1, 0.15) is 11.1 Å². The van der Waals surface area contributed by atoms with Gasteiger partial charge in [0.05, 0.1) is 12.2 Å². The third-order valence-electron chi connectivity index (χ3n) is 3.93. The first-order valence-corrected chi connectivity index (χ1v) is 6.77. The topological polar surface area (TPSA) is 27.1 Å². The monoisotopic (exact) mass is 386 g/mol. The molecule has 3 aromatic carbocycles. The van der Waals surface area contributed by atoms with Gasteiger partial charge >= 0.3 is 0 Å². The molecule has 0 unspecified atom stereocenters. The fourth-order valence-corrected chi connectivity index (χ4v) is 2.93. The highest BCUT2D eigenvalue weighted by Crippen LogP contribution is 2.33. The van der Waals surface area contributed by atoms with Gasteiger partial charge in [-0.25, -0.2) is 0 Å². The first-order chi connectivity index (χ1) is 9.84. The van der Waals surface area contributed by atoms with E-state index in [2.05, 4.69) is 53.4 Å². The van der Waals surface area contributed by atoms with Gasteiger partial charge in [-0.15, -0.1) is 24.0 Å². The van der Waals surface area contributed by atoms with Crippen molar-refractivity contribution in [2.45, 2.75) is 6.54 Å². The summed E-state index contributed by atoms with van der Waals surface area (Å²) in [5.41, 5.74) is 3.38. The van der Waals surface area contributed by atoms with E-state index in [0.717, 1.165) is 17.8 Å². The molecule has 0 bridgehead atoms. The smallest absolute Gasteiger partial charge is 0.133 e. The van der Waals surface area contributed by atoms with Crippen LogP contribution in [0.3, 0.4) is 0 Å². The van der Waals surface area contributed by atoms with Gasteiger partial charge in [-0.2, -0.15) is 0 Å². The predicted octanol–water partition coefficient (Wildman–Crippen LogP) is 4.80. The lowest BCUT2D eigenvalue weighted by Crippen LogP contribution is -2.23. The number of amidine groups is 1. The van der Waals surface area contributed by atoms with E-state index < -0.39 is 0 Å². The van der Waals surface area contributed by atoms with Crippen LogP contribution in [0.25, 0.3) is 10.8 Å². The molecule has 0 spiro atoms. The second kappa shape index (κ2) is 5.48. The van der Waals surface area contributed by atoms with E-state index in [1.54, 1.807) is 0 Å². The van der Waals surface area contributed by atoms with Gasteiger partial charge in [0.2, 0.25) is 0 Å². The minimum Gasteiger partial charge on any atom is -0.321 e. The Labute approximate surface area is 140 Å². The molecule has 2 nitrogen and oxygen atoms in total. The first kappa shape index (κ1) is 14.1. The summed E-state index contributed by atoms with van der Waals surface area (Å²) in [4.78, 5) is 2.09. The van der Waals surface area contributed by atoms with Crippen molar-refractivity contribution in [3.63, 3.8) is 0 Å². The average molecular weight is 386 g/mol. The van der Waals surface area contributed by atoms with Crippen molar-refractivity contribution in [2.24, 2.45) is 0 Å². The third-order valence-corrected chi connectivity index (χ3v) is 3.93. The SMILES string of the molecule is I.N=C1c2ccccc2CN1c1cccc2ccccc12. The van der Waals surface area contributed by atoms with Gasteiger partial charge in [-0.05, 0) is 17.0 Å². The van der Waals surface area contributed by atoms with Crippen LogP contribution >= 0.6 is 24.0 Å². The Morgan fingerprint density at radius 3 is 2.38 bits per heavy atom. The van der Waals surface area contributed by atoms with Crippen molar-refractivity contribution in [1.29, 1.82) is 5.41 Å². The predicted molar refractivity (Wildman–Crippen MR) is 98.8 cm³/mol. The quantitative estimate of drug-likeness (QED) is 0.598. The molecule has 0 atom stereocenters. The van der Waals surface area contributed by atoms with E-state index in [0.29, 0.717) is 5.84 Å². The largest absolute Gasteiger partial charge is 0.321 e. The molecule has 0 aromatic heterocycles. The van der Waals surface area contributed by atoms with Gasteiger partial charge in [0, 0.05) is 10.9 Å². The number of hydrogen-bond acceptors (Lipinski definition) is 1. The second-order valence-electron chi connectivity index (χ2n) is 5.09. The molecule has 3 heteroatoms. The Morgan fingerprint density at radius 1 is 0.810 bits per heavy atom. The van der Waals surface area contributed by atoms with Gasteiger partial charge in [0.1, 0.15) is 5.84 Å². The Hall–Kier alpha value is -1.88. The molecule has 0 aliphatic carbocycles. The van der Waals surface area contributed by atoms with Crippen LogP contribution in [0.15, 0.2) is 66.7 Å². The summed E-state index contributed by atoms with van der Waals surface area (Å²) < 4.78 is 0. The Kier molecular flexibility index (Phi) is 3.68. The number of rotatable bonds is 1. The van der Waals surface area contributed by atoms with Crippen LogP contribution in [0, 0.1) is 5.41 Å². The van der Waals surface area contributed by atoms with Crippen molar-refractivity contribution in [1.82, 2.24) is 0 Å². The molecule has 0 saturated carbocycles. The molecule has 4 rings (SSSR count). The number of halogens is 1. The maximum Gasteiger partial charge on any atom is 0.133 e. The second-order valence-corrected chi connectivity index (χ2v) is 5.09. The highest BCUT2D eigenvalue weighted by Gasteiger charge is 2.25. The lowest BCUT2D eigenvalue weighted by molar-refractivity contribution is 1.05. The summed E-state index contributed by atoms with van der Waals surface area (Å²) in [6.07, 6.45) is 0. The standard InChI is InChI=1S/C18H14N2.HI/c19-18-16-10-4-2-7-14(16)12-20(18)17-11-5-8-13-6-1-3-9-15(13)17;/h1-11,19H,12H2;1H. The van der Waals surface area contributed by atoms with Crippen molar-refractivity contribution < 1.29 is 0 Å². The van der Waals surface area contributed by atoms with E-state index >= 15 is 0 Å². The Balaban J connectivity index is 0.00000132. The molecule has 1 aliphatic rings. The molecule has 0 fully saturated rings. The average Bonchev–Trinajstić information content (AvgIpc) is 2.84. The minimum absolute atomic E-state index is 0. The number of nitrogens with zero attached hydrogens (tertiary/aromatic N) is 1. The van der Waals surface area contributed by atoms with Crippen molar-refractivity contribution in [3.8, 4) is 0 Å². The van der Waals surface area contributed by atoms with Crippen LogP contribution in [0.2, 0.25) is 0 Å². The lowest BCUT2D eigenvalue weighted by atomic mass is 10.1. The Bertz CT molecular complexity index is 821. The van der Waals surface area contributed by atoms with Crippen molar-refractivity contribution in [2.75, 3.05) is 4.90 Å². The fraction of sp³-hybridized carbons (Fsp3) is 0.0556. The maximum absolute atomic E-state index is 8.43. The van der Waals surface area contributed by atoms with Gasteiger partial charge in [0.25, 0.3) is 0 Å². The van der Waals surface area contributed by atoms with Crippen LogP contribution in [0.5, 0.6) is 0 Å². The summed E-state index contributed by atoms with van der Waals surface area (Å²) in [7, 11) is 0. The molecule has 0 amide bonds. The summed E-state index contributed by atoms with van der Waals surface area (Å²) in [5, 5.41) is 10.8. The molecule has 3 aromatic rings. The molecule has 21 heavy (non-hydrogen) atoms. The van der Waals surface area contributed by atoms with Crippen LogP contribution < -0.4 is 4.90 Å². The van der Waals surface area contributed by atoms with Crippen molar-refractivity contribution >= 4 is 46.3 Å². The lowest BCUT2D eigenvalue weighted by Gasteiger charge is -2.20. The zero-order valence-corrected chi connectivity index (χ0v) is 13.7. The highest BCUT2D eigenvalue weighted by molar-refractivity contribution is 14.0. The fourth-order valence-electron chi connectivity index (χ4n) is 2.93. The minimum atomic E-state index is 0. The number of fused-ring (bicyclic) bond motifs is 2. The zero-order valence-electron chi connectivity index (χ0n) is 11.4. The molecular formula is C18H15IN2. The molecular weight excluding hydrogens is 371 g/mol. The Morgan fingerprint density at radius 2 is 1.52 bits per heavy atom. The van der Waals surface area contributed by atoms with Crippen molar-refractivity contribution in [3.05, 3.63) is 77.9 Å².